The summed E-state index contributed by atoms with van der Waals surface area (Å²) in [4.78, 5) is 29.2. The van der Waals surface area contributed by atoms with Crippen molar-refractivity contribution in [3.8, 4) is 0 Å². The van der Waals surface area contributed by atoms with Gasteiger partial charge < -0.3 is 14.7 Å². The van der Waals surface area contributed by atoms with Gasteiger partial charge in [0.25, 0.3) is 0 Å². The van der Waals surface area contributed by atoms with Crippen LogP contribution in [0.5, 0.6) is 0 Å². The van der Waals surface area contributed by atoms with Crippen LogP contribution in [-0.2, 0) is 14.3 Å². The van der Waals surface area contributed by atoms with Gasteiger partial charge in [0, 0.05) is 32.7 Å². The van der Waals surface area contributed by atoms with Crippen LogP contribution in [0, 0.1) is 5.92 Å². The van der Waals surface area contributed by atoms with Crippen molar-refractivity contribution in [2.75, 3.05) is 53.4 Å². The maximum absolute atomic E-state index is 12.6. The first kappa shape index (κ1) is 20.1. The van der Waals surface area contributed by atoms with Gasteiger partial charge in [-0.25, -0.2) is 0 Å². The summed E-state index contributed by atoms with van der Waals surface area (Å²) in [7, 11) is 3.71. The van der Waals surface area contributed by atoms with Gasteiger partial charge in [0.2, 0.25) is 5.91 Å². The lowest BCUT2D eigenvalue weighted by molar-refractivity contribution is -0.138. The largest absolute Gasteiger partial charge is 0.480 e. The molecule has 1 heterocycles. The van der Waals surface area contributed by atoms with Crippen LogP contribution in [0.25, 0.3) is 0 Å². The van der Waals surface area contributed by atoms with Crippen molar-refractivity contribution in [3.63, 3.8) is 0 Å². The third kappa shape index (κ3) is 6.56. The Morgan fingerprint density at radius 2 is 1.88 bits per heavy atom. The van der Waals surface area contributed by atoms with Crippen LogP contribution in [0.4, 0.5) is 0 Å². The van der Waals surface area contributed by atoms with Gasteiger partial charge in [-0.05, 0) is 38.6 Å². The Hall–Kier alpha value is -1.18. The monoisotopic (exact) mass is 355 g/mol. The Labute approximate surface area is 150 Å². The first-order valence-corrected chi connectivity index (χ1v) is 9.35. The van der Waals surface area contributed by atoms with Crippen molar-refractivity contribution in [3.05, 3.63) is 0 Å². The molecule has 7 nitrogen and oxygen atoms in total. The van der Waals surface area contributed by atoms with E-state index in [-0.39, 0.29) is 18.6 Å². The molecule has 0 aromatic rings. The molecule has 1 saturated carbocycles. The lowest BCUT2D eigenvalue weighted by Gasteiger charge is -2.37. The number of likely N-dealkylation sites (N-methyl/N-ethyl adjacent to an activating group) is 2. The van der Waals surface area contributed by atoms with Gasteiger partial charge in [0.1, 0.15) is 0 Å². The van der Waals surface area contributed by atoms with Crippen molar-refractivity contribution < 1.29 is 19.4 Å². The Kier molecular flexibility index (Phi) is 7.65. The van der Waals surface area contributed by atoms with Gasteiger partial charge in [-0.1, -0.05) is 6.92 Å². The zero-order valence-electron chi connectivity index (χ0n) is 15.8. The number of morpholine rings is 1. The molecular weight excluding hydrogens is 322 g/mol. The molecule has 1 saturated heterocycles. The molecule has 1 N–H and O–H groups in total. The van der Waals surface area contributed by atoms with Gasteiger partial charge in [0.05, 0.1) is 25.8 Å². The van der Waals surface area contributed by atoms with Crippen LogP contribution >= 0.6 is 0 Å². The minimum atomic E-state index is -0.839. The van der Waals surface area contributed by atoms with Gasteiger partial charge in [0.15, 0.2) is 0 Å². The molecule has 1 amide bonds. The molecule has 7 heteroatoms. The fraction of sp³-hybridized carbons (Fsp3) is 0.889. The number of carbonyl (C=O) groups is 2. The molecule has 0 aromatic carbocycles. The highest BCUT2D eigenvalue weighted by atomic mass is 16.5. The molecule has 144 valence electrons. The number of nitrogens with zero attached hydrogens (tertiary/aromatic N) is 3. The topological polar surface area (TPSA) is 73.3 Å². The highest BCUT2D eigenvalue weighted by Gasteiger charge is 2.28. The minimum Gasteiger partial charge on any atom is -0.480 e. The smallest absolute Gasteiger partial charge is 0.317 e. The molecule has 1 unspecified atom stereocenters. The van der Waals surface area contributed by atoms with Crippen molar-refractivity contribution >= 4 is 11.9 Å². The number of ether oxygens (including phenoxy) is 1. The number of hydrogen-bond acceptors (Lipinski definition) is 5. The zero-order valence-corrected chi connectivity index (χ0v) is 15.8. The predicted molar refractivity (Wildman–Crippen MR) is 95.5 cm³/mol. The molecule has 1 atom stereocenters. The summed E-state index contributed by atoms with van der Waals surface area (Å²) in [6, 6.07) is 0.377. The molecule has 25 heavy (non-hydrogen) atoms. The molecule has 1 aliphatic carbocycles. The third-order valence-electron chi connectivity index (χ3n) is 5.43. The maximum Gasteiger partial charge on any atom is 0.317 e. The summed E-state index contributed by atoms with van der Waals surface area (Å²) in [5.41, 5.74) is 0. The van der Waals surface area contributed by atoms with Crippen LogP contribution in [-0.4, -0.2) is 97.3 Å². The summed E-state index contributed by atoms with van der Waals surface area (Å²) in [5, 5.41) is 8.84. The molecule has 2 fully saturated rings. The number of hydrogen-bond donors (Lipinski definition) is 1. The van der Waals surface area contributed by atoms with E-state index in [1.165, 1.54) is 12.8 Å². The summed E-state index contributed by atoms with van der Waals surface area (Å²) >= 11 is 0. The van der Waals surface area contributed by atoms with Crippen LogP contribution in [0.2, 0.25) is 0 Å². The van der Waals surface area contributed by atoms with Crippen LogP contribution in [0.1, 0.15) is 32.6 Å². The lowest BCUT2D eigenvalue weighted by atomic mass is 9.87. The van der Waals surface area contributed by atoms with E-state index in [9.17, 15) is 9.59 Å². The van der Waals surface area contributed by atoms with Gasteiger partial charge in [-0.3, -0.25) is 19.4 Å². The van der Waals surface area contributed by atoms with Crippen molar-refractivity contribution in [2.45, 2.75) is 44.8 Å². The van der Waals surface area contributed by atoms with E-state index in [1.54, 1.807) is 11.9 Å². The summed E-state index contributed by atoms with van der Waals surface area (Å²) < 4.78 is 5.73. The van der Waals surface area contributed by atoms with E-state index in [0.29, 0.717) is 32.3 Å². The second kappa shape index (κ2) is 9.50. The number of carboxylic acid groups (broad SMARTS) is 1. The Morgan fingerprint density at radius 3 is 2.52 bits per heavy atom. The fourth-order valence-corrected chi connectivity index (χ4v) is 3.81. The first-order chi connectivity index (χ1) is 11.8. The summed E-state index contributed by atoms with van der Waals surface area (Å²) in [6.45, 7) is 5.28. The van der Waals surface area contributed by atoms with Crippen molar-refractivity contribution in [1.29, 1.82) is 0 Å². The Bertz CT molecular complexity index is 452. The van der Waals surface area contributed by atoms with Crippen molar-refractivity contribution in [1.82, 2.24) is 14.7 Å². The SMILES string of the molecule is CC1CCC(N(C)C(=O)CN2CCOC(CN(C)CC(=O)O)C2)CC1. The van der Waals surface area contributed by atoms with E-state index >= 15 is 0 Å². The third-order valence-corrected chi connectivity index (χ3v) is 5.43. The fourth-order valence-electron chi connectivity index (χ4n) is 3.81. The number of rotatable bonds is 7. The first-order valence-electron chi connectivity index (χ1n) is 9.35. The summed E-state index contributed by atoms with van der Waals surface area (Å²) in [6.07, 6.45) is 4.58. The van der Waals surface area contributed by atoms with E-state index in [4.69, 9.17) is 9.84 Å². The van der Waals surface area contributed by atoms with Gasteiger partial charge >= 0.3 is 5.97 Å². The average Bonchev–Trinajstić information content (AvgIpc) is 2.54. The molecule has 0 aromatic heterocycles. The molecule has 0 radical (unpaired) electrons. The second-order valence-corrected chi connectivity index (χ2v) is 7.74. The Balaban J connectivity index is 1.77. The number of aliphatic carboxylic acids is 1. The number of carboxylic acids is 1. The van der Waals surface area contributed by atoms with Crippen molar-refractivity contribution in [2.24, 2.45) is 5.92 Å². The van der Waals surface area contributed by atoms with Crippen LogP contribution in [0.3, 0.4) is 0 Å². The predicted octanol–water partition coefficient (Wildman–Crippen LogP) is 0.741. The highest BCUT2D eigenvalue weighted by Crippen LogP contribution is 2.26. The standard InChI is InChI=1S/C18H33N3O4/c1-14-4-6-15(7-5-14)20(3)17(22)12-21-8-9-25-16(11-21)10-19(2)13-18(23)24/h14-16H,4-13H2,1-3H3,(H,23,24). The molecule has 1 aliphatic heterocycles. The van der Waals surface area contributed by atoms with Crippen LogP contribution in [0.15, 0.2) is 0 Å². The average molecular weight is 355 g/mol. The summed E-state index contributed by atoms with van der Waals surface area (Å²) in [5.74, 6) is 0.121. The Morgan fingerprint density at radius 1 is 1.20 bits per heavy atom. The number of amides is 1. The van der Waals surface area contributed by atoms with Gasteiger partial charge in [-0.15, -0.1) is 0 Å². The highest BCUT2D eigenvalue weighted by molar-refractivity contribution is 5.78. The quantitative estimate of drug-likeness (QED) is 0.726. The molecule has 0 bridgehead atoms. The minimum absolute atomic E-state index is 0.00162. The maximum atomic E-state index is 12.6. The molecule has 2 rings (SSSR count). The lowest BCUT2D eigenvalue weighted by Crippen LogP contribution is -2.51. The van der Waals surface area contributed by atoms with Crippen LogP contribution < -0.4 is 0 Å². The van der Waals surface area contributed by atoms with Gasteiger partial charge in [-0.2, -0.15) is 0 Å². The molecule has 0 spiro atoms. The zero-order chi connectivity index (χ0) is 18.4. The van der Waals surface area contributed by atoms with E-state index < -0.39 is 5.97 Å². The van der Waals surface area contributed by atoms with E-state index in [1.807, 2.05) is 11.9 Å². The second-order valence-electron chi connectivity index (χ2n) is 7.74. The van der Waals surface area contributed by atoms with E-state index in [2.05, 4.69) is 11.8 Å². The normalized spacial score (nSPS) is 28.1. The molecular formula is C18H33N3O4. The number of carbonyl (C=O) groups excluding carboxylic acids is 1. The molecule has 2 aliphatic rings. The van der Waals surface area contributed by atoms with E-state index in [0.717, 1.165) is 25.3 Å².